The number of esters is 1. The summed E-state index contributed by atoms with van der Waals surface area (Å²) >= 11 is 12.9. The van der Waals surface area contributed by atoms with Crippen molar-refractivity contribution < 1.29 is 19.1 Å². The molecule has 0 aromatic heterocycles. The molecular formula is C28H23Cl2NO4. The van der Waals surface area contributed by atoms with Crippen molar-refractivity contribution in [2.45, 2.75) is 13.5 Å². The van der Waals surface area contributed by atoms with E-state index in [0.717, 1.165) is 10.8 Å². The summed E-state index contributed by atoms with van der Waals surface area (Å²) < 4.78 is 10.6. The third-order valence-corrected chi connectivity index (χ3v) is 6.32. The zero-order chi connectivity index (χ0) is 24.9. The highest BCUT2D eigenvalue weighted by Crippen LogP contribution is 2.32. The average Bonchev–Trinajstić information content (AvgIpc) is 2.87. The number of halogens is 2. The van der Waals surface area contributed by atoms with E-state index in [9.17, 15) is 9.59 Å². The van der Waals surface area contributed by atoms with Crippen LogP contribution in [-0.2, 0) is 11.3 Å². The second kappa shape index (κ2) is 10.8. The fourth-order valence-electron chi connectivity index (χ4n) is 3.81. The normalized spacial score (nSPS) is 10.7. The third kappa shape index (κ3) is 5.26. The maximum atomic E-state index is 14.0. The summed E-state index contributed by atoms with van der Waals surface area (Å²) in [6.07, 6.45) is 0. The molecule has 0 saturated heterocycles. The number of nitrogens with zero attached hydrogens (tertiary/aromatic N) is 1. The Bertz CT molecular complexity index is 1370. The first-order valence-electron chi connectivity index (χ1n) is 11.0. The number of fused-ring (bicyclic) bond motifs is 1. The van der Waals surface area contributed by atoms with Gasteiger partial charge in [-0.15, -0.1) is 0 Å². The van der Waals surface area contributed by atoms with Crippen LogP contribution in [0.5, 0.6) is 5.75 Å². The van der Waals surface area contributed by atoms with Crippen LogP contribution < -0.4 is 9.64 Å². The fourth-order valence-corrected chi connectivity index (χ4v) is 4.33. The molecule has 0 unspecified atom stereocenters. The van der Waals surface area contributed by atoms with Gasteiger partial charge in [0.1, 0.15) is 5.75 Å². The van der Waals surface area contributed by atoms with Gasteiger partial charge in [0, 0.05) is 21.3 Å². The Morgan fingerprint density at radius 1 is 0.857 bits per heavy atom. The minimum absolute atomic E-state index is 0.117. The lowest BCUT2D eigenvalue weighted by molar-refractivity contribution is 0.0526. The van der Waals surface area contributed by atoms with Crippen molar-refractivity contribution in [2.75, 3.05) is 18.6 Å². The number of amides is 1. The molecule has 0 fully saturated rings. The molecule has 0 bridgehead atoms. The molecule has 4 aromatic carbocycles. The average molecular weight is 508 g/mol. The molecule has 0 atom stereocenters. The number of methoxy groups -OCH3 is 1. The van der Waals surface area contributed by atoms with Gasteiger partial charge in [0.15, 0.2) is 0 Å². The number of benzene rings is 4. The second-order valence-electron chi connectivity index (χ2n) is 7.76. The summed E-state index contributed by atoms with van der Waals surface area (Å²) in [6.45, 7) is 2.14. The molecule has 4 rings (SSSR count). The molecule has 0 heterocycles. The predicted molar refractivity (Wildman–Crippen MR) is 140 cm³/mol. The molecule has 5 nitrogen and oxygen atoms in total. The molecule has 7 heteroatoms. The van der Waals surface area contributed by atoms with Crippen LogP contribution in [-0.4, -0.2) is 25.6 Å². The summed E-state index contributed by atoms with van der Waals surface area (Å²) in [5.41, 5.74) is 1.96. The zero-order valence-electron chi connectivity index (χ0n) is 19.3. The highest BCUT2D eigenvalue weighted by atomic mass is 35.5. The second-order valence-corrected chi connectivity index (χ2v) is 8.57. The lowest BCUT2D eigenvalue weighted by Crippen LogP contribution is -2.31. The van der Waals surface area contributed by atoms with E-state index in [2.05, 4.69) is 0 Å². The maximum Gasteiger partial charge on any atom is 0.338 e. The molecule has 0 spiro atoms. The predicted octanol–water partition coefficient (Wildman–Crippen LogP) is 7.18. The Morgan fingerprint density at radius 2 is 1.49 bits per heavy atom. The molecular weight excluding hydrogens is 485 g/mol. The van der Waals surface area contributed by atoms with Crippen LogP contribution in [0.3, 0.4) is 0 Å². The van der Waals surface area contributed by atoms with Crippen LogP contribution in [0, 0.1) is 0 Å². The summed E-state index contributed by atoms with van der Waals surface area (Å²) in [5, 5.41) is 2.76. The van der Waals surface area contributed by atoms with Crippen LogP contribution in [0.25, 0.3) is 10.8 Å². The van der Waals surface area contributed by atoms with Crippen molar-refractivity contribution in [3.63, 3.8) is 0 Å². The summed E-state index contributed by atoms with van der Waals surface area (Å²) in [7, 11) is 1.53. The first kappa shape index (κ1) is 24.6. The van der Waals surface area contributed by atoms with Gasteiger partial charge >= 0.3 is 5.97 Å². The number of hydrogen-bond donors (Lipinski definition) is 0. The number of hydrogen-bond acceptors (Lipinski definition) is 4. The third-order valence-electron chi connectivity index (χ3n) is 5.61. The van der Waals surface area contributed by atoms with Crippen molar-refractivity contribution >= 4 is 51.5 Å². The van der Waals surface area contributed by atoms with Gasteiger partial charge in [-0.05, 0) is 66.2 Å². The molecule has 0 radical (unpaired) electrons. The van der Waals surface area contributed by atoms with E-state index < -0.39 is 5.97 Å². The Labute approximate surface area is 213 Å². The van der Waals surface area contributed by atoms with Gasteiger partial charge in [-0.2, -0.15) is 0 Å². The Morgan fingerprint density at radius 3 is 2.09 bits per heavy atom. The fraction of sp³-hybridized carbons (Fsp3) is 0.143. The first-order chi connectivity index (χ1) is 16.9. The van der Waals surface area contributed by atoms with Crippen molar-refractivity contribution in [1.29, 1.82) is 0 Å². The smallest absolute Gasteiger partial charge is 0.338 e. The molecule has 1 amide bonds. The van der Waals surface area contributed by atoms with E-state index in [1.807, 2.05) is 36.4 Å². The van der Waals surface area contributed by atoms with Gasteiger partial charge in [0.05, 0.1) is 31.4 Å². The molecule has 35 heavy (non-hydrogen) atoms. The van der Waals surface area contributed by atoms with E-state index in [4.69, 9.17) is 32.7 Å². The van der Waals surface area contributed by atoms with E-state index in [-0.39, 0.29) is 19.1 Å². The van der Waals surface area contributed by atoms with Crippen molar-refractivity contribution in [1.82, 2.24) is 0 Å². The van der Waals surface area contributed by atoms with Crippen LogP contribution >= 0.6 is 23.2 Å². The topological polar surface area (TPSA) is 55.8 Å². The Kier molecular flexibility index (Phi) is 7.59. The first-order valence-corrected chi connectivity index (χ1v) is 11.8. The lowest BCUT2D eigenvalue weighted by Gasteiger charge is -2.25. The van der Waals surface area contributed by atoms with Crippen LogP contribution in [0.1, 0.15) is 33.2 Å². The molecule has 0 aliphatic carbocycles. The van der Waals surface area contributed by atoms with Crippen molar-refractivity contribution in [2.24, 2.45) is 0 Å². The molecule has 0 aliphatic heterocycles. The summed E-state index contributed by atoms with van der Waals surface area (Å²) in [4.78, 5) is 27.7. The van der Waals surface area contributed by atoms with Crippen molar-refractivity contribution in [3.05, 3.63) is 106 Å². The number of carbonyl (C=O) groups excluding carboxylic acids is 2. The summed E-state index contributed by atoms with van der Waals surface area (Å²) in [5.74, 6) is -0.276. The van der Waals surface area contributed by atoms with Crippen LogP contribution in [0.4, 0.5) is 5.69 Å². The monoisotopic (exact) mass is 507 g/mol. The molecule has 0 N–H and O–H groups in total. The SMILES string of the molecule is CCOC(=O)c1ccc(N(Cc2c(Cl)cccc2Cl)C(=O)c2cc3ccccc3cc2OC)cc1. The molecule has 0 saturated carbocycles. The van der Waals surface area contributed by atoms with Gasteiger partial charge in [-0.3, -0.25) is 4.79 Å². The van der Waals surface area contributed by atoms with Gasteiger partial charge < -0.3 is 14.4 Å². The van der Waals surface area contributed by atoms with Gasteiger partial charge in [-0.25, -0.2) is 4.79 Å². The molecule has 178 valence electrons. The highest BCUT2D eigenvalue weighted by Gasteiger charge is 2.24. The van der Waals surface area contributed by atoms with Gasteiger partial charge in [-0.1, -0.05) is 53.5 Å². The van der Waals surface area contributed by atoms with Crippen LogP contribution in [0.2, 0.25) is 10.0 Å². The minimum Gasteiger partial charge on any atom is -0.496 e. The number of ether oxygens (including phenoxy) is 2. The summed E-state index contributed by atoms with van der Waals surface area (Å²) in [6, 6.07) is 23.2. The quantitative estimate of drug-likeness (QED) is 0.248. The Hall–Kier alpha value is -3.54. The maximum absolute atomic E-state index is 14.0. The standard InChI is InChI=1S/C28H23Cl2NO4/c1-3-35-28(33)18-11-13-21(14-12-18)31(17-23-24(29)9-6-10-25(23)30)27(32)22-15-19-7-4-5-8-20(19)16-26(22)34-2/h4-16H,3,17H2,1-2H3. The zero-order valence-corrected chi connectivity index (χ0v) is 20.8. The van der Waals surface area contributed by atoms with Gasteiger partial charge in [0.2, 0.25) is 0 Å². The largest absolute Gasteiger partial charge is 0.496 e. The number of carbonyl (C=O) groups is 2. The minimum atomic E-state index is -0.428. The number of rotatable bonds is 7. The van der Waals surface area contributed by atoms with Gasteiger partial charge in [0.25, 0.3) is 5.91 Å². The van der Waals surface area contributed by atoms with E-state index in [1.165, 1.54) is 7.11 Å². The van der Waals surface area contributed by atoms with Crippen LogP contribution in [0.15, 0.2) is 78.9 Å². The Balaban J connectivity index is 1.81. The number of anilines is 1. The lowest BCUT2D eigenvalue weighted by atomic mass is 10.0. The molecule has 0 aliphatic rings. The van der Waals surface area contributed by atoms with E-state index in [1.54, 1.807) is 54.3 Å². The van der Waals surface area contributed by atoms with E-state index >= 15 is 0 Å². The van der Waals surface area contributed by atoms with Crippen molar-refractivity contribution in [3.8, 4) is 5.75 Å². The highest BCUT2D eigenvalue weighted by molar-refractivity contribution is 6.36. The van der Waals surface area contributed by atoms with E-state index in [0.29, 0.717) is 38.2 Å². The molecule has 4 aromatic rings.